The van der Waals surface area contributed by atoms with Crippen LogP contribution >= 0.6 is 11.3 Å². The molecular weight excluding hydrogens is 270 g/mol. The molecule has 0 aromatic carbocycles. The predicted octanol–water partition coefficient (Wildman–Crippen LogP) is 3.13. The Balaban J connectivity index is 1.88. The SMILES string of the molecule is COc1cc(CNCc2nc(C(C)(C)C)cs2)ccn1. The monoisotopic (exact) mass is 291 g/mol. The first-order valence-corrected chi connectivity index (χ1v) is 7.51. The Bertz CT molecular complexity index is 560. The quantitative estimate of drug-likeness (QED) is 0.919. The summed E-state index contributed by atoms with van der Waals surface area (Å²) < 4.78 is 5.11. The molecule has 20 heavy (non-hydrogen) atoms. The van der Waals surface area contributed by atoms with Gasteiger partial charge < -0.3 is 10.1 Å². The lowest BCUT2D eigenvalue weighted by molar-refractivity contribution is 0.397. The standard InChI is InChI=1S/C15H21N3OS/c1-15(2,3)12-10-20-14(18-12)9-16-8-11-5-6-17-13(7-11)19-4/h5-7,10,16H,8-9H2,1-4H3. The molecule has 0 spiro atoms. The molecule has 0 amide bonds. The summed E-state index contributed by atoms with van der Waals surface area (Å²) in [7, 11) is 1.63. The second-order valence-electron chi connectivity index (χ2n) is 5.69. The fourth-order valence-electron chi connectivity index (χ4n) is 1.72. The number of methoxy groups -OCH3 is 1. The molecule has 0 bridgehead atoms. The van der Waals surface area contributed by atoms with E-state index in [4.69, 9.17) is 4.74 Å². The fourth-order valence-corrected chi connectivity index (χ4v) is 2.71. The van der Waals surface area contributed by atoms with Gasteiger partial charge in [-0.05, 0) is 11.6 Å². The molecule has 2 rings (SSSR count). The lowest BCUT2D eigenvalue weighted by Crippen LogP contribution is -2.14. The van der Waals surface area contributed by atoms with Crippen molar-refractivity contribution in [2.24, 2.45) is 0 Å². The second kappa shape index (κ2) is 6.33. The maximum Gasteiger partial charge on any atom is 0.213 e. The Morgan fingerprint density at radius 3 is 2.75 bits per heavy atom. The number of thiazole rings is 1. The van der Waals surface area contributed by atoms with Crippen LogP contribution < -0.4 is 10.1 Å². The van der Waals surface area contributed by atoms with Crippen molar-refractivity contribution in [1.82, 2.24) is 15.3 Å². The van der Waals surface area contributed by atoms with Crippen LogP contribution in [0.15, 0.2) is 23.7 Å². The molecule has 0 saturated carbocycles. The second-order valence-corrected chi connectivity index (χ2v) is 6.63. The first kappa shape index (κ1) is 14.9. The summed E-state index contributed by atoms with van der Waals surface area (Å²) in [6, 6.07) is 3.92. The lowest BCUT2D eigenvalue weighted by Gasteiger charge is -2.14. The molecule has 0 aliphatic heterocycles. The van der Waals surface area contributed by atoms with Gasteiger partial charge in [0.1, 0.15) is 5.01 Å². The minimum absolute atomic E-state index is 0.118. The predicted molar refractivity (Wildman–Crippen MR) is 82.1 cm³/mol. The maximum absolute atomic E-state index is 5.11. The van der Waals surface area contributed by atoms with Crippen molar-refractivity contribution in [3.8, 4) is 5.88 Å². The van der Waals surface area contributed by atoms with Gasteiger partial charge in [-0.25, -0.2) is 9.97 Å². The van der Waals surface area contributed by atoms with Crippen LogP contribution in [0, 0.1) is 0 Å². The van der Waals surface area contributed by atoms with E-state index < -0.39 is 0 Å². The van der Waals surface area contributed by atoms with E-state index in [0.717, 1.165) is 29.4 Å². The summed E-state index contributed by atoms with van der Waals surface area (Å²) in [6.45, 7) is 8.11. The van der Waals surface area contributed by atoms with Crippen LogP contribution in [0.4, 0.5) is 0 Å². The Morgan fingerprint density at radius 2 is 2.10 bits per heavy atom. The normalized spacial score (nSPS) is 11.6. The van der Waals surface area contributed by atoms with Crippen LogP contribution in [0.2, 0.25) is 0 Å². The Morgan fingerprint density at radius 1 is 1.30 bits per heavy atom. The first-order chi connectivity index (χ1) is 9.49. The van der Waals surface area contributed by atoms with Crippen LogP contribution in [-0.2, 0) is 18.5 Å². The van der Waals surface area contributed by atoms with Crippen molar-refractivity contribution >= 4 is 11.3 Å². The highest BCUT2D eigenvalue weighted by Gasteiger charge is 2.17. The molecule has 0 aliphatic carbocycles. The summed E-state index contributed by atoms with van der Waals surface area (Å²) >= 11 is 1.71. The van der Waals surface area contributed by atoms with Crippen molar-refractivity contribution < 1.29 is 4.74 Å². The molecule has 4 nitrogen and oxygen atoms in total. The maximum atomic E-state index is 5.11. The third-order valence-electron chi connectivity index (χ3n) is 2.93. The molecule has 0 unspecified atom stereocenters. The van der Waals surface area contributed by atoms with Gasteiger partial charge in [0.2, 0.25) is 5.88 Å². The van der Waals surface area contributed by atoms with Crippen LogP contribution in [0.25, 0.3) is 0 Å². The molecule has 0 fully saturated rings. The van der Waals surface area contributed by atoms with Gasteiger partial charge in [-0.1, -0.05) is 20.8 Å². The zero-order valence-corrected chi connectivity index (χ0v) is 13.3. The minimum Gasteiger partial charge on any atom is -0.481 e. The summed E-state index contributed by atoms with van der Waals surface area (Å²) in [5.41, 5.74) is 2.43. The molecule has 0 radical (unpaired) electrons. The van der Waals surface area contributed by atoms with Gasteiger partial charge in [0.15, 0.2) is 0 Å². The van der Waals surface area contributed by atoms with Gasteiger partial charge in [-0.3, -0.25) is 0 Å². The third-order valence-corrected chi connectivity index (χ3v) is 3.78. The van der Waals surface area contributed by atoms with Crippen molar-refractivity contribution in [3.05, 3.63) is 40.0 Å². The van der Waals surface area contributed by atoms with E-state index in [9.17, 15) is 0 Å². The van der Waals surface area contributed by atoms with E-state index in [1.807, 2.05) is 12.1 Å². The number of nitrogens with zero attached hydrogens (tertiary/aromatic N) is 2. The number of aromatic nitrogens is 2. The Kier molecular flexibility index (Phi) is 4.73. The number of hydrogen-bond acceptors (Lipinski definition) is 5. The molecule has 2 heterocycles. The summed E-state index contributed by atoms with van der Waals surface area (Å²) in [5.74, 6) is 0.647. The van der Waals surface area contributed by atoms with Crippen LogP contribution in [0.5, 0.6) is 5.88 Å². The first-order valence-electron chi connectivity index (χ1n) is 6.63. The van der Waals surface area contributed by atoms with Crippen molar-refractivity contribution in [3.63, 3.8) is 0 Å². The summed E-state index contributed by atoms with van der Waals surface area (Å²) in [4.78, 5) is 8.76. The molecular formula is C15H21N3OS. The molecule has 0 saturated heterocycles. The largest absolute Gasteiger partial charge is 0.481 e. The molecule has 1 N–H and O–H groups in total. The van der Waals surface area contributed by atoms with Crippen molar-refractivity contribution in [1.29, 1.82) is 0 Å². The van der Waals surface area contributed by atoms with Gasteiger partial charge in [-0.15, -0.1) is 11.3 Å². The smallest absolute Gasteiger partial charge is 0.213 e. The van der Waals surface area contributed by atoms with Crippen LogP contribution in [0.3, 0.4) is 0 Å². The Labute approximate surface area is 124 Å². The highest BCUT2D eigenvalue weighted by atomic mass is 32.1. The number of ether oxygens (including phenoxy) is 1. The average molecular weight is 291 g/mol. The third kappa shape index (κ3) is 4.02. The average Bonchev–Trinajstić information content (AvgIpc) is 2.88. The van der Waals surface area contributed by atoms with E-state index in [0.29, 0.717) is 5.88 Å². The fraction of sp³-hybridized carbons (Fsp3) is 0.467. The molecule has 2 aromatic heterocycles. The zero-order valence-electron chi connectivity index (χ0n) is 12.4. The van der Waals surface area contributed by atoms with E-state index in [1.165, 1.54) is 0 Å². The number of hydrogen-bond donors (Lipinski definition) is 1. The van der Waals surface area contributed by atoms with Crippen molar-refractivity contribution in [2.45, 2.75) is 39.3 Å². The molecule has 5 heteroatoms. The number of nitrogens with one attached hydrogen (secondary N) is 1. The van der Waals surface area contributed by atoms with Gasteiger partial charge in [-0.2, -0.15) is 0 Å². The molecule has 0 atom stereocenters. The van der Waals surface area contributed by atoms with E-state index >= 15 is 0 Å². The minimum atomic E-state index is 0.118. The molecule has 0 aliphatic rings. The van der Waals surface area contributed by atoms with E-state index in [2.05, 4.69) is 41.4 Å². The van der Waals surface area contributed by atoms with Gasteiger partial charge >= 0.3 is 0 Å². The Hall–Kier alpha value is -1.46. The molecule has 2 aromatic rings. The van der Waals surface area contributed by atoms with Crippen molar-refractivity contribution in [2.75, 3.05) is 7.11 Å². The van der Waals surface area contributed by atoms with Crippen LogP contribution in [0.1, 0.15) is 37.0 Å². The highest BCUT2D eigenvalue weighted by molar-refractivity contribution is 7.09. The van der Waals surface area contributed by atoms with Gasteiger partial charge in [0.25, 0.3) is 0 Å². The molecule has 108 valence electrons. The summed E-state index contributed by atoms with van der Waals surface area (Å²) in [6.07, 6.45) is 1.76. The topological polar surface area (TPSA) is 47.0 Å². The number of rotatable bonds is 5. The lowest BCUT2D eigenvalue weighted by atomic mass is 9.93. The number of pyridine rings is 1. The van der Waals surface area contributed by atoms with E-state index in [-0.39, 0.29) is 5.41 Å². The van der Waals surface area contributed by atoms with Gasteiger partial charge in [0.05, 0.1) is 12.8 Å². The van der Waals surface area contributed by atoms with Gasteiger partial charge in [0, 0.05) is 36.1 Å². The highest BCUT2D eigenvalue weighted by Crippen LogP contribution is 2.23. The zero-order chi connectivity index (χ0) is 14.6. The van der Waals surface area contributed by atoms with Crippen LogP contribution in [-0.4, -0.2) is 17.1 Å². The van der Waals surface area contributed by atoms with E-state index in [1.54, 1.807) is 24.6 Å². The summed E-state index contributed by atoms with van der Waals surface area (Å²) in [5, 5.41) is 6.67.